The molecule has 0 aliphatic rings. The lowest BCUT2D eigenvalue weighted by molar-refractivity contribution is 0.275. The summed E-state index contributed by atoms with van der Waals surface area (Å²) in [5.74, 6) is -0.401. The number of halogens is 2. The topological polar surface area (TPSA) is 33.1 Å². The average Bonchev–Trinajstić information content (AvgIpc) is 1.88. The Morgan fingerprint density at radius 1 is 1.70 bits per heavy atom. The molecule has 0 fully saturated rings. The second-order valence-corrected chi connectivity index (χ2v) is 2.86. The van der Waals surface area contributed by atoms with Gasteiger partial charge in [-0.3, -0.25) is 0 Å². The molecule has 54 valence electrons. The minimum absolute atomic E-state index is 0.236. The third-order valence-electron chi connectivity index (χ3n) is 1.07. The van der Waals surface area contributed by atoms with Gasteiger partial charge in [-0.15, -0.1) is 0 Å². The molecule has 1 heterocycles. The van der Waals surface area contributed by atoms with Gasteiger partial charge in [-0.05, 0) is 22.6 Å². The summed E-state index contributed by atoms with van der Waals surface area (Å²) in [6.45, 7) is -0.296. The zero-order chi connectivity index (χ0) is 7.56. The number of hydrogen-bond acceptors (Lipinski definition) is 2. The normalized spacial score (nSPS) is 9.90. The lowest BCUT2D eigenvalue weighted by Crippen LogP contribution is -1.92. The van der Waals surface area contributed by atoms with E-state index in [2.05, 4.69) is 4.98 Å². The molecule has 0 aliphatic carbocycles. The third kappa shape index (κ3) is 1.63. The highest BCUT2D eigenvalue weighted by molar-refractivity contribution is 14.1. The highest BCUT2D eigenvalue weighted by Crippen LogP contribution is 2.08. The molecule has 1 aromatic rings. The van der Waals surface area contributed by atoms with Gasteiger partial charge in [-0.1, -0.05) is 0 Å². The Labute approximate surface area is 71.2 Å². The molecular formula is C6H5FINO. The van der Waals surface area contributed by atoms with Crippen LogP contribution in [0, 0.1) is 9.52 Å². The molecule has 0 atom stereocenters. The molecule has 1 aromatic heterocycles. The minimum atomic E-state index is -0.401. The fourth-order valence-electron chi connectivity index (χ4n) is 0.552. The molecule has 1 N–H and O–H groups in total. The molecule has 0 unspecified atom stereocenters. The number of pyridine rings is 1. The summed E-state index contributed by atoms with van der Waals surface area (Å²) in [6.07, 6.45) is 1.33. The lowest BCUT2D eigenvalue weighted by atomic mass is 10.3. The first kappa shape index (κ1) is 7.87. The van der Waals surface area contributed by atoms with Crippen molar-refractivity contribution in [2.75, 3.05) is 0 Å². The Kier molecular flexibility index (Phi) is 2.56. The van der Waals surface area contributed by atoms with Crippen molar-refractivity contribution in [2.24, 2.45) is 0 Å². The summed E-state index contributed by atoms with van der Waals surface area (Å²) < 4.78 is 13.2. The number of aliphatic hydroxyl groups is 1. The fourth-order valence-corrected chi connectivity index (χ4v) is 0.965. The van der Waals surface area contributed by atoms with Crippen molar-refractivity contribution in [3.8, 4) is 0 Å². The standard InChI is InChI=1S/C6H5FINO/c7-5-1-6(8)9-2-4(5)3-10/h1-2,10H,3H2. The SMILES string of the molecule is OCc1cnc(I)cc1F. The van der Waals surface area contributed by atoms with Gasteiger partial charge < -0.3 is 5.11 Å². The van der Waals surface area contributed by atoms with Crippen molar-refractivity contribution < 1.29 is 9.50 Å². The van der Waals surface area contributed by atoms with Crippen molar-refractivity contribution in [2.45, 2.75) is 6.61 Å². The number of aromatic nitrogens is 1. The number of hydrogen-bond donors (Lipinski definition) is 1. The van der Waals surface area contributed by atoms with Crippen LogP contribution in [0.2, 0.25) is 0 Å². The molecule has 0 saturated heterocycles. The van der Waals surface area contributed by atoms with Gasteiger partial charge in [0.15, 0.2) is 0 Å². The number of rotatable bonds is 1. The monoisotopic (exact) mass is 253 g/mol. The van der Waals surface area contributed by atoms with Crippen LogP contribution in [0.1, 0.15) is 5.56 Å². The average molecular weight is 253 g/mol. The molecule has 0 radical (unpaired) electrons. The number of nitrogens with zero attached hydrogens (tertiary/aromatic N) is 1. The van der Waals surface area contributed by atoms with Crippen LogP contribution in [0.25, 0.3) is 0 Å². The van der Waals surface area contributed by atoms with Gasteiger partial charge >= 0.3 is 0 Å². The predicted molar refractivity (Wildman–Crippen MR) is 42.8 cm³/mol. The molecule has 2 nitrogen and oxygen atoms in total. The Hall–Kier alpha value is -0.230. The Balaban J connectivity index is 3.07. The second kappa shape index (κ2) is 3.25. The zero-order valence-corrected chi connectivity index (χ0v) is 7.17. The Bertz CT molecular complexity index is 241. The summed E-state index contributed by atoms with van der Waals surface area (Å²) in [5, 5.41) is 8.53. The lowest BCUT2D eigenvalue weighted by Gasteiger charge is -1.96. The van der Waals surface area contributed by atoms with E-state index in [9.17, 15) is 4.39 Å². The minimum Gasteiger partial charge on any atom is -0.392 e. The molecule has 0 spiro atoms. The quantitative estimate of drug-likeness (QED) is 0.604. The smallest absolute Gasteiger partial charge is 0.132 e. The van der Waals surface area contributed by atoms with E-state index >= 15 is 0 Å². The fraction of sp³-hybridized carbons (Fsp3) is 0.167. The van der Waals surface area contributed by atoms with Crippen molar-refractivity contribution in [3.63, 3.8) is 0 Å². The van der Waals surface area contributed by atoms with Gasteiger partial charge in [0.25, 0.3) is 0 Å². The largest absolute Gasteiger partial charge is 0.392 e. The summed E-state index contributed by atoms with van der Waals surface area (Å²) in [6, 6.07) is 1.28. The van der Waals surface area contributed by atoms with Gasteiger partial charge in [0.1, 0.15) is 9.52 Å². The molecule has 0 bridgehead atoms. The van der Waals surface area contributed by atoms with E-state index < -0.39 is 5.82 Å². The molecular weight excluding hydrogens is 248 g/mol. The van der Waals surface area contributed by atoms with E-state index in [1.807, 2.05) is 22.6 Å². The van der Waals surface area contributed by atoms with E-state index in [4.69, 9.17) is 5.11 Å². The molecule has 0 amide bonds. The van der Waals surface area contributed by atoms with Crippen molar-refractivity contribution in [3.05, 3.63) is 27.3 Å². The third-order valence-corrected chi connectivity index (χ3v) is 1.66. The van der Waals surface area contributed by atoms with E-state index in [1.54, 1.807) is 0 Å². The predicted octanol–water partition coefficient (Wildman–Crippen LogP) is 1.32. The Morgan fingerprint density at radius 2 is 2.40 bits per heavy atom. The van der Waals surface area contributed by atoms with Gasteiger partial charge in [-0.25, -0.2) is 9.37 Å². The van der Waals surface area contributed by atoms with E-state index in [0.717, 1.165) is 0 Å². The summed E-state index contributed by atoms with van der Waals surface area (Å²) in [5.41, 5.74) is 0.236. The Morgan fingerprint density at radius 3 is 2.90 bits per heavy atom. The zero-order valence-electron chi connectivity index (χ0n) is 5.01. The van der Waals surface area contributed by atoms with Crippen LogP contribution in [-0.4, -0.2) is 10.1 Å². The van der Waals surface area contributed by atoms with Crippen LogP contribution in [0.15, 0.2) is 12.3 Å². The molecule has 0 aliphatic heterocycles. The highest BCUT2D eigenvalue weighted by atomic mass is 127. The summed E-state index contributed by atoms with van der Waals surface area (Å²) >= 11 is 1.91. The van der Waals surface area contributed by atoms with Gasteiger partial charge in [0.05, 0.1) is 6.61 Å². The maximum Gasteiger partial charge on any atom is 0.132 e. The van der Waals surface area contributed by atoms with Gasteiger partial charge in [0, 0.05) is 17.8 Å². The van der Waals surface area contributed by atoms with E-state index in [0.29, 0.717) is 3.70 Å². The summed E-state index contributed by atoms with van der Waals surface area (Å²) in [4.78, 5) is 3.80. The van der Waals surface area contributed by atoms with Crippen molar-refractivity contribution >= 4 is 22.6 Å². The molecule has 0 aromatic carbocycles. The van der Waals surface area contributed by atoms with Crippen LogP contribution >= 0.6 is 22.6 Å². The molecule has 10 heavy (non-hydrogen) atoms. The molecule has 4 heteroatoms. The van der Waals surface area contributed by atoms with Gasteiger partial charge in [-0.2, -0.15) is 0 Å². The van der Waals surface area contributed by atoms with Crippen molar-refractivity contribution in [1.29, 1.82) is 0 Å². The first-order valence-electron chi connectivity index (χ1n) is 2.65. The van der Waals surface area contributed by atoms with Crippen LogP contribution in [0.3, 0.4) is 0 Å². The molecule has 0 saturated carbocycles. The first-order valence-corrected chi connectivity index (χ1v) is 3.72. The van der Waals surface area contributed by atoms with E-state index in [-0.39, 0.29) is 12.2 Å². The maximum absolute atomic E-state index is 12.6. The van der Waals surface area contributed by atoms with Crippen molar-refractivity contribution in [1.82, 2.24) is 4.98 Å². The second-order valence-electron chi connectivity index (χ2n) is 1.76. The van der Waals surface area contributed by atoms with Crippen LogP contribution in [-0.2, 0) is 6.61 Å². The molecule has 1 rings (SSSR count). The maximum atomic E-state index is 12.6. The van der Waals surface area contributed by atoms with E-state index in [1.165, 1.54) is 12.3 Å². The summed E-state index contributed by atoms with van der Waals surface area (Å²) in [7, 11) is 0. The first-order chi connectivity index (χ1) is 4.74. The van der Waals surface area contributed by atoms with Gasteiger partial charge in [0.2, 0.25) is 0 Å². The van der Waals surface area contributed by atoms with Crippen LogP contribution in [0.5, 0.6) is 0 Å². The highest BCUT2D eigenvalue weighted by Gasteiger charge is 2.00. The number of aliphatic hydroxyl groups excluding tert-OH is 1. The van der Waals surface area contributed by atoms with Crippen LogP contribution < -0.4 is 0 Å². The van der Waals surface area contributed by atoms with Crippen LogP contribution in [0.4, 0.5) is 4.39 Å².